The fourth-order valence-electron chi connectivity index (χ4n) is 4.92. The van der Waals surface area contributed by atoms with Crippen molar-refractivity contribution in [2.24, 2.45) is 0 Å². The largest absolute Gasteiger partial charge is 0.480 e. The van der Waals surface area contributed by atoms with E-state index in [4.69, 9.17) is 9.47 Å². The van der Waals surface area contributed by atoms with Gasteiger partial charge in [-0.2, -0.15) is 0 Å². The van der Waals surface area contributed by atoms with Gasteiger partial charge in [0.25, 0.3) is 0 Å². The molecule has 0 unspecified atom stereocenters. The van der Waals surface area contributed by atoms with Gasteiger partial charge in [0.05, 0.1) is 0 Å². The number of hydrogen-bond acceptors (Lipinski definition) is 5. The monoisotopic (exact) mass is 480 g/mol. The number of hydrogen-bond donors (Lipinski definition) is 2. The van der Waals surface area contributed by atoms with E-state index in [9.17, 15) is 19.5 Å². The SMILES string of the molecule is CC(C)(C)OC(=O)N1CCC[C@@H]1C[C@@H](NC(=O)OCC1c2ccccc2-c2ccccc21)C(=O)O. The Morgan fingerprint density at radius 2 is 1.66 bits per heavy atom. The van der Waals surface area contributed by atoms with E-state index >= 15 is 0 Å². The zero-order valence-electron chi connectivity index (χ0n) is 20.3. The minimum absolute atomic E-state index is 0.0821. The Balaban J connectivity index is 1.38. The van der Waals surface area contributed by atoms with Crippen LogP contribution in [0.15, 0.2) is 48.5 Å². The number of likely N-dealkylation sites (tertiary alicyclic amines) is 1. The lowest BCUT2D eigenvalue weighted by molar-refractivity contribution is -0.139. The molecule has 2 amide bonds. The van der Waals surface area contributed by atoms with Gasteiger partial charge in [-0.25, -0.2) is 14.4 Å². The van der Waals surface area contributed by atoms with Crippen molar-refractivity contribution in [3.63, 3.8) is 0 Å². The second-order valence-corrected chi connectivity index (χ2v) is 10.1. The molecule has 2 aliphatic rings. The molecule has 4 rings (SSSR count). The number of rotatable bonds is 6. The maximum Gasteiger partial charge on any atom is 0.410 e. The Hall–Kier alpha value is -3.55. The molecule has 0 saturated carbocycles. The van der Waals surface area contributed by atoms with Crippen molar-refractivity contribution in [1.82, 2.24) is 10.2 Å². The maximum absolute atomic E-state index is 12.6. The number of carbonyl (C=O) groups is 3. The zero-order chi connectivity index (χ0) is 25.2. The molecule has 2 N–H and O–H groups in total. The summed E-state index contributed by atoms with van der Waals surface area (Å²) in [5, 5.41) is 12.2. The van der Waals surface area contributed by atoms with E-state index in [0.29, 0.717) is 13.0 Å². The van der Waals surface area contributed by atoms with E-state index in [1.165, 1.54) is 0 Å². The summed E-state index contributed by atoms with van der Waals surface area (Å²) >= 11 is 0. The Labute approximate surface area is 205 Å². The molecule has 2 aromatic carbocycles. The highest BCUT2D eigenvalue weighted by molar-refractivity contribution is 5.81. The molecule has 1 saturated heterocycles. The van der Waals surface area contributed by atoms with Crippen LogP contribution in [0.25, 0.3) is 11.1 Å². The second kappa shape index (κ2) is 9.98. The summed E-state index contributed by atoms with van der Waals surface area (Å²) in [5.74, 6) is -1.29. The number of nitrogens with zero attached hydrogens (tertiary/aromatic N) is 1. The van der Waals surface area contributed by atoms with Gasteiger partial charge in [0.2, 0.25) is 0 Å². The van der Waals surface area contributed by atoms with Crippen LogP contribution < -0.4 is 5.32 Å². The van der Waals surface area contributed by atoms with Crippen LogP contribution in [0.1, 0.15) is 57.1 Å². The number of aliphatic carboxylic acids is 1. The third-order valence-electron chi connectivity index (χ3n) is 6.45. The fourth-order valence-corrected chi connectivity index (χ4v) is 4.92. The van der Waals surface area contributed by atoms with E-state index in [1.807, 2.05) is 48.5 Å². The van der Waals surface area contributed by atoms with Gasteiger partial charge in [-0.3, -0.25) is 0 Å². The Morgan fingerprint density at radius 1 is 1.06 bits per heavy atom. The molecule has 2 aromatic rings. The van der Waals surface area contributed by atoms with Crippen molar-refractivity contribution < 1.29 is 29.0 Å². The third kappa shape index (κ3) is 5.58. The van der Waals surface area contributed by atoms with Crippen molar-refractivity contribution in [1.29, 1.82) is 0 Å². The lowest BCUT2D eigenvalue weighted by Crippen LogP contribution is -2.47. The first-order chi connectivity index (χ1) is 16.6. The molecular formula is C27H32N2O6. The van der Waals surface area contributed by atoms with Gasteiger partial charge in [-0.05, 0) is 62.3 Å². The van der Waals surface area contributed by atoms with Gasteiger partial charge in [-0.1, -0.05) is 48.5 Å². The number of alkyl carbamates (subject to hydrolysis) is 1. The molecule has 186 valence electrons. The van der Waals surface area contributed by atoms with Gasteiger partial charge in [-0.15, -0.1) is 0 Å². The van der Waals surface area contributed by atoms with Crippen LogP contribution in [0.5, 0.6) is 0 Å². The molecule has 1 aliphatic carbocycles. The van der Waals surface area contributed by atoms with Crippen molar-refractivity contribution in [3.8, 4) is 11.1 Å². The number of amides is 2. The Kier molecular flexibility index (Phi) is 7.00. The molecule has 2 atom stereocenters. The smallest absolute Gasteiger partial charge is 0.410 e. The summed E-state index contributed by atoms with van der Waals surface area (Å²) < 4.78 is 11.0. The summed E-state index contributed by atoms with van der Waals surface area (Å²) in [6, 6.07) is 14.5. The lowest BCUT2D eigenvalue weighted by Gasteiger charge is -2.30. The fraction of sp³-hybridized carbons (Fsp3) is 0.444. The minimum Gasteiger partial charge on any atom is -0.480 e. The first-order valence-electron chi connectivity index (χ1n) is 12.0. The molecule has 1 heterocycles. The molecule has 1 fully saturated rings. The highest BCUT2D eigenvalue weighted by Crippen LogP contribution is 2.44. The lowest BCUT2D eigenvalue weighted by atomic mass is 9.98. The molecule has 1 aliphatic heterocycles. The minimum atomic E-state index is -1.18. The number of benzene rings is 2. The molecule has 8 heteroatoms. The van der Waals surface area contributed by atoms with Crippen molar-refractivity contribution in [3.05, 3.63) is 59.7 Å². The number of fused-ring (bicyclic) bond motifs is 3. The van der Waals surface area contributed by atoms with Crippen LogP contribution in [0.2, 0.25) is 0 Å². The number of carbonyl (C=O) groups excluding carboxylic acids is 2. The van der Waals surface area contributed by atoms with Gasteiger partial charge in [0, 0.05) is 18.5 Å². The first kappa shape index (κ1) is 24.6. The number of nitrogens with one attached hydrogen (secondary N) is 1. The normalized spacial score (nSPS) is 17.9. The maximum atomic E-state index is 12.6. The molecule has 0 aromatic heterocycles. The molecule has 8 nitrogen and oxygen atoms in total. The molecule has 0 bridgehead atoms. The van der Waals surface area contributed by atoms with Crippen LogP contribution in [-0.4, -0.2) is 59.0 Å². The summed E-state index contributed by atoms with van der Waals surface area (Å²) in [7, 11) is 0. The number of carboxylic acids is 1. The topological polar surface area (TPSA) is 105 Å². The summed E-state index contributed by atoms with van der Waals surface area (Å²) in [6.07, 6.45) is 0.224. The molecule has 0 spiro atoms. The Morgan fingerprint density at radius 3 is 2.23 bits per heavy atom. The molecule has 35 heavy (non-hydrogen) atoms. The van der Waals surface area contributed by atoms with Gasteiger partial charge in [0.1, 0.15) is 18.2 Å². The predicted molar refractivity (Wildman–Crippen MR) is 130 cm³/mol. The molecule has 0 radical (unpaired) electrons. The first-order valence-corrected chi connectivity index (χ1v) is 12.0. The van der Waals surface area contributed by atoms with E-state index in [1.54, 1.807) is 25.7 Å². The van der Waals surface area contributed by atoms with Crippen LogP contribution in [0.3, 0.4) is 0 Å². The van der Waals surface area contributed by atoms with E-state index in [2.05, 4.69) is 5.32 Å². The standard InChI is InChI=1S/C27H32N2O6/c1-27(2,3)35-26(33)29-14-8-9-17(29)15-23(24(30)31)28-25(32)34-16-22-20-12-6-4-10-18(20)19-11-5-7-13-21(19)22/h4-7,10-13,17,22-23H,8-9,14-16H2,1-3H3,(H,28,32)(H,30,31)/t17-,23-/m1/s1. The van der Waals surface area contributed by atoms with Gasteiger partial charge >= 0.3 is 18.2 Å². The average Bonchev–Trinajstić information content (AvgIpc) is 3.39. The quantitative estimate of drug-likeness (QED) is 0.617. The van der Waals surface area contributed by atoms with E-state index < -0.39 is 29.8 Å². The second-order valence-electron chi connectivity index (χ2n) is 10.1. The van der Waals surface area contributed by atoms with Gasteiger partial charge in [0.15, 0.2) is 0 Å². The zero-order valence-corrected chi connectivity index (χ0v) is 20.3. The van der Waals surface area contributed by atoms with Crippen LogP contribution in [0, 0.1) is 0 Å². The highest BCUT2D eigenvalue weighted by atomic mass is 16.6. The van der Waals surface area contributed by atoms with Crippen LogP contribution >= 0.6 is 0 Å². The van der Waals surface area contributed by atoms with Crippen molar-refractivity contribution in [2.75, 3.05) is 13.2 Å². The van der Waals surface area contributed by atoms with Crippen LogP contribution in [-0.2, 0) is 14.3 Å². The van der Waals surface area contributed by atoms with Crippen molar-refractivity contribution >= 4 is 18.2 Å². The number of ether oxygens (including phenoxy) is 2. The van der Waals surface area contributed by atoms with E-state index in [-0.39, 0.29) is 25.0 Å². The Bertz CT molecular complexity index is 1060. The van der Waals surface area contributed by atoms with Gasteiger partial charge < -0.3 is 24.8 Å². The molecular weight excluding hydrogens is 448 g/mol. The predicted octanol–water partition coefficient (Wildman–Crippen LogP) is 4.77. The van der Waals surface area contributed by atoms with Crippen LogP contribution in [0.4, 0.5) is 9.59 Å². The summed E-state index contributed by atoms with van der Waals surface area (Å²) in [5.41, 5.74) is 3.74. The van der Waals surface area contributed by atoms with E-state index in [0.717, 1.165) is 28.7 Å². The van der Waals surface area contributed by atoms with Crippen molar-refractivity contribution in [2.45, 2.75) is 63.6 Å². The number of carboxylic acid groups (broad SMARTS) is 1. The highest BCUT2D eigenvalue weighted by Gasteiger charge is 2.36. The third-order valence-corrected chi connectivity index (χ3v) is 6.45. The average molecular weight is 481 g/mol. The summed E-state index contributed by atoms with van der Waals surface area (Å²) in [6.45, 7) is 5.95. The summed E-state index contributed by atoms with van der Waals surface area (Å²) in [4.78, 5) is 38.6.